The van der Waals surface area contributed by atoms with Crippen LogP contribution in [0.1, 0.15) is 23.3 Å². The second-order valence-corrected chi connectivity index (χ2v) is 5.01. The molecule has 1 aliphatic heterocycles. The van der Waals surface area contributed by atoms with Crippen LogP contribution in [0.25, 0.3) is 5.69 Å². The summed E-state index contributed by atoms with van der Waals surface area (Å²) in [6.45, 7) is 1.39. The van der Waals surface area contributed by atoms with E-state index in [1.165, 1.54) is 0 Å². The van der Waals surface area contributed by atoms with Crippen LogP contribution in [-0.4, -0.2) is 44.9 Å². The standard InChI is InChI=1S/C14H17N5O/c15-11-6-8-18(9-7-11)14(20)13-10-19(17-16-13)12-4-2-1-3-5-12/h1-5,10-11H,6-9,15H2. The first-order chi connectivity index (χ1) is 9.74. The van der Waals surface area contributed by atoms with E-state index in [-0.39, 0.29) is 11.9 Å². The van der Waals surface area contributed by atoms with Gasteiger partial charge in [0.25, 0.3) is 5.91 Å². The number of rotatable bonds is 2. The SMILES string of the molecule is NC1CCN(C(=O)c2cn(-c3ccccc3)nn2)CC1. The summed E-state index contributed by atoms with van der Waals surface area (Å²) in [5, 5.41) is 7.99. The third-order valence-corrected chi connectivity index (χ3v) is 3.56. The minimum atomic E-state index is -0.0703. The highest BCUT2D eigenvalue weighted by Crippen LogP contribution is 2.12. The van der Waals surface area contributed by atoms with E-state index in [0.717, 1.165) is 18.5 Å². The molecule has 0 saturated carbocycles. The summed E-state index contributed by atoms with van der Waals surface area (Å²) in [5.74, 6) is -0.0703. The molecule has 0 bridgehead atoms. The van der Waals surface area contributed by atoms with Crippen LogP contribution >= 0.6 is 0 Å². The maximum absolute atomic E-state index is 12.3. The molecule has 0 atom stereocenters. The van der Waals surface area contributed by atoms with Crippen LogP contribution in [-0.2, 0) is 0 Å². The highest BCUT2D eigenvalue weighted by atomic mass is 16.2. The minimum Gasteiger partial charge on any atom is -0.337 e. The smallest absolute Gasteiger partial charge is 0.276 e. The number of benzene rings is 1. The third kappa shape index (κ3) is 2.55. The zero-order chi connectivity index (χ0) is 13.9. The van der Waals surface area contributed by atoms with Gasteiger partial charge in [-0.05, 0) is 25.0 Å². The first kappa shape index (κ1) is 12.8. The van der Waals surface area contributed by atoms with Gasteiger partial charge in [0.1, 0.15) is 0 Å². The van der Waals surface area contributed by atoms with Crippen molar-refractivity contribution in [1.29, 1.82) is 0 Å². The van der Waals surface area contributed by atoms with Gasteiger partial charge in [0, 0.05) is 19.1 Å². The number of nitrogens with zero attached hydrogens (tertiary/aromatic N) is 4. The van der Waals surface area contributed by atoms with E-state index in [9.17, 15) is 4.79 Å². The van der Waals surface area contributed by atoms with E-state index in [0.29, 0.717) is 18.8 Å². The molecule has 0 aliphatic carbocycles. The van der Waals surface area contributed by atoms with Crippen LogP contribution in [0.3, 0.4) is 0 Å². The average molecular weight is 271 g/mol. The number of carbonyl (C=O) groups excluding carboxylic acids is 1. The van der Waals surface area contributed by atoms with E-state index in [4.69, 9.17) is 5.73 Å². The Bertz CT molecular complexity index is 587. The molecular weight excluding hydrogens is 254 g/mol. The zero-order valence-corrected chi connectivity index (χ0v) is 11.1. The van der Waals surface area contributed by atoms with Gasteiger partial charge in [-0.1, -0.05) is 23.4 Å². The number of amides is 1. The number of hydrogen-bond acceptors (Lipinski definition) is 4. The lowest BCUT2D eigenvalue weighted by atomic mass is 10.1. The van der Waals surface area contributed by atoms with Crippen molar-refractivity contribution in [2.75, 3.05) is 13.1 Å². The largest absolute Gasteiger partial charge is 0.337 e. The second-order valence-electron chi connectivity index (χ2n) is 5.01. The van der Waals surface area contributed by atoms with Gasteiger partial charge in [0.05, 0.1) is 11.9 Å². The molecule has 0 radical (unpaired) electrons. The summed E-state index contributed by atoms with van der Waals surface area (Å²) in [5.41, 5.74) is 7.11. The van der Waals surface area contributed by atoms with E-state index in [1.54, 1.807) is 15.8 Å². The van der Waals surface area contributed by atoms with Crippen LogP contribution in [0.5, 0.6) is 0 Å². The molecular formula is C14H17N5O. The van der Waals surface area contributed by atoms with Crippen molar-refractivity contribution in [2.45, 2.75) is 18.9 Å². The topological polar surface area (TPSA) is 77.0 Å². The zero-order valence-electron chi connectivity index (χ0n) is 11.1. The van der Waals surface area contributed by atoms with Gasteiger partial charge >= 0.3 is 0 Å². The molecule has 1 aliphatic rings. The van der Waals surface area contributed by atoms with E-state index in [2.05, 4.69) is 10.3 Å². The molecule has 6 heteroatoms. The first-order valence-corrected chi connectivity index (χ1v) is 6.76. The molecule has 2 heterocycles. The Morgan fingerprint density at radius 1 is 1.20 bits per heavy atom. The Morgan fingerprint density at radius 3 is 2.60 bits per heavy atom. The molecule has 104 valence electrons. The molecule has 1 amide bonds. The van der Waals surface area contributed by atoms with Crippen molar-refractivity contribution in [3.63, 3.8) is 0 Å². The highest BCUT2D eigenvalue weighted by Gasteiger charge is 2.23. The third-order valence-electron chi connectivity index (χ3n) is 3.56. The monoisotopic (exact) mass is 271 g/mol. The number of likely N-dealkylation sites (tertiary alicyclic amines) is 1. The van der Waals surface area contributed by atoms with Crippen LogP contribution in [0.2, 0.25) is 0 Å². The van der Waals surface area contributed by atoms with Crippen molar-refractivity contribution in [3.8, 4) is 5.69 Å². The van der Waals surface area contributed by atoms with Crippen LogP contribution in [0.4, 0.5) is 0 Å². The van der Waals surface area contributed by atoms with E-state index >= 15 is 0 Å². The summed E-state index contributed by atoms with van der Waals surface area (Å²) >= 11 is 0. The van der Waals surface area contributed by atoms with E-state index in [1.807, 2.05) is 30.3 Å². The van der Waals surface area contributed by atoms with Gasteiger partial charge in [-0.3, -0.25) is 4.79 Å². The lowest BCUT2D eigenvalue weighted by molar-refractivity contribution is 0.0708. The van der Waals surface area contributed by atoms with Gasteiger partial charge in [-0.25, -0.2) is 4.68 Å². The molecule has 1 saturated heterocycles. The highest BCUT2D eigenvalue weighted by molar-refractivity contribution is 5.92. The average Bonchev–Trinajstić information content (AvgIpc) is 2.98. The molecule has 6 nitrogen and oxygen atoms in total. The molecule has 2 aromatic rings. The lowest BCUT2D eigenvalue weighted by Gasteiger charge is -2.29. The fourth-order valence-electron chi connectivity index (χ4n) is 2.33. The summed E-state index contributed by atoms with van der Waals surface area (Å²) in [6.07, 6.45) is 3.36. The first-order valence-electron chi connectivity index (χ1n) is 6.76. The number of para-hydroxylation sites is 1. The van der Waals surface area contributed by atoms with E-state index < -0.39 is 0 Å². The number of nitrogens with two attached hydrogens (primary N) is 1. The van der Waals surface area contributed by atoms with Gasteiger partial charge in [0.2, 0.25) is 0 Å². The normalized spacial score (nSPS) is 16.4. The maximum atomic E-state index is 12.3. The lowest BCUT2D eigenvalue weighted by Crippen LogP contribution is -2.43. The van der Waals surface area contributed by atoms with Crippen LogP contribution in [0.15, 0.2) is 36.5 Å². The molecule has 0 unspecified atom stereocenters. The van der Waals surface area contributed by atoms with Gasteiger partial charge in [0.15, 0.2) is 5.69 Å². The van der Waals surface area contributed by atoms with Crippen molar-refractivity contribution < 1.29 is 4.79 Å². The van der Waals surface area contributed by atoms with Gasteiger partial charge < -0.3 is 10.6 Å². The van der Waals surface area contributed by atoms with Gasteiger partial charge in [-0.2, -0.15) is 0 Å². The Kier molecular flexibility index (Phi) is 3.47. The van der Waals surface area contributed by atoms with Crippen LogP contribution in [0, 0.1) is 0 Å². The molecule has 20 heavy (non-hydrogen) atoms. The molecule has 1 aromatic carbocycles. The number of carbonyl (C=O) groups is 1. The second kappa shape index (κ2) is 5.42. The molecule has 3 rings (SSSR count). The Balaban J connectivity index is 1.75. The predicted octanol–water partition coefficient (Wildman–Crippen LogP) is 0.831. The maximum Gasteiger partial charge on any atom is 0.276 e. The summed E-state index contributed by atoms with van der Waals surface area (Å²) in [7, 11) is 0. The number of piperidine rings is 1. The molecule has 1 aromatic heterocycles. The minimum absolute atomic E-state index is 0.0703. The van der Waals surface area contributed by atoms with Crippen molar-refractivity contribution in [2.24, 2.45) is 5.73 Å². The fraction of sp³-hybridized carbons (Fsp3) is 0.357. The summed E-state index contributed by atoms with van der Waals surface area (Å²) in [6, 6.07) is 9.82. The Morgan fingerprint density at radius 2 is 1.90 bits per heavy atom. The summed E-state index contributed by atoms with van der Waals surface area (Å²) in [4.78, 5) is 14.1. The number of hydrogen-bond donors (Lipinski definition) is 1. The molecule has 2 N–H and O–H groups in total. The predicted molar refractivity (Wildman–Crippen MR) is 74.5 cm³/mol. The molecule has 1 fully saturated rings. The Labute approximate surface area is 117 Å². The van der Waals surface area contributed by atoms with Gasteiger partial charge in [-0.15, -0.1) is 5.10 Å². The molecule has 0 spiro atoms. The quantitative estimate of drug-likeness (QED) is 0.877. The van der Waals surface area contributed by atoms with Crippen molar-refractivity contribution >= 4 is 5.91 Å². The van der Waals surface area contributed by atoms with Crippen molar-refractivity contribution in [1.82, 2.24) is 19.9 Å². The van der Waals surface area contributed by atoms with Crippen molar-refractivity contribution in [3.05, 3.63) is 42.2 Å². The summed E-state index contributed by atoms with van der Waals surface area (Å²) < 4.78 is 1.61. The fourth-order valence-corrected chi connectivity index (χ4v) is 2.33. The number of aromatic nitrogens is 3. The Hall–Kier alpha value is -2.21. The van der Waals surface area contributed by atoms with Crippen LogP contribution < -0.4 is 5.73 Å².